The molecule has 0 aliphatic heterocycles. The van der Waals surface area contributed by atoms with Crippen LogP contribution >= 0.6 is 23.1 Å². The van der Waals surface area contributed by atoms with Gasteiger partial charge in [0.15, 0.2) is 0 Å². The van der Waals surface area contributed by atoms with Crippen molar-refractivity contribution in [2.24, 2.45) is 0 Å². The fourth-order valence-corrected chi connectivity index (χ4v) is 3.96. The predicted molar refractivity (Wildman–Crippen MR) is 88.3 cm³/mol. The number of hydrogen-bond donors (Lipinski definition) is 0. The van der Waals surface area contributed by atoms with Gasteiger partial charge in [-0.1, -0.05) is 42.1 Å². The van der Waals surface area contributed by atoms with Crippen LogP contribution < -0.4 is 0 Å². The van der Waals surface area contributed by atoms with E-state index >= 15 is 0 Å². The standard InChI is InChI=1S/C15H11N5S2/c1-2-6-11(7-3-1)20-15(17-18-19-20)21-10-14-16-12-8-4-5-9-13(12)22-14/h1-9H,10H2. The molecule has 0 unspecified atom stereocenters. The molecule has 0 fully saturated rings. The number of tetrazole rings is 1. The summed E-state index contributed by atoms with van der Waals surface area (Å²) in [4.78, 5) is 4.63. The van der Waals surface area contributed by atoms with E-state index < -0.39 is 0 Å². The van der Waals surface area contributed by atoms with Gasteiger partial charge < -0.3 is 0 Å². The molecule has 0 bridgehead atoms. The Bertz CT molecular complexity index is 867. The Hall–Kier alpha value is -2.25. The Kier molecular flexibility index (Phi) is 3.57. The molecule has 5 nitrogen and oxygen atoms in total. The lowest BCUT2D eigenvalue weighted by atomic mass is 10.3. The lowest BCUT2D eigenvalue weighted by molar-refractivity contribution is 0.756. The van der Waals surface area contributed by atoms with Gasteiger partial charge in [-0.3, -0.25) is 0 Å². The molecule has 2 aromatic carbocycles. The smallest absolute Gasteiger partial charge is 0.214 e. The largest absolute Gasteiger partial charge is 0.240 e. The zero-order valence-electron chi connectivity index (χ0n) is 11.5. The van der Waals surface area contributed by atoms with E-state index in [1.807, 2.05) is 48.5 Å². The minimum atomic E-state index is 0.757. The van der Waals surface area contributed by atoms with E-state index in [2.05, 4.69) is 26.6 Å². The molecule has 0 radical (unpaired) electrons. The van der Waals surface area contributed by atoms with Crippen LogP contribution in [0.5, 0.6) is 0 Å². The van der Waals surface area contributed by atoms with Gasteiger partial charge >= 0.3 is 0 Å². The highest BCUT2D eigenvalue weighted by atomic mass is 32.2. The number of hydrogen-bond acceptors (Lipinski definition) is 6. The van der Waals surface area contributed by atoms with Crippen molar-refractivity contribution < 1.29 is 0 Å². The average Bonchev–Trinajstić information content (AvgIpc) is 3.20. The Morgan fingerprint density at radius 1 is 1.00 bits per heavy atom. The molecule has 2 heterocycles. The van der Waals surface area contributed by atoms with Crippen molar-refractivity contribution in [3.63, 3.8) is 0 Å². The summed E-state index contributed by atoms with van der Waals surface area (Å²) in [5.41, 5.74) is 2.00. The van der Waals surface area contributed by atoms with Crippen LogP contribution in [0.15, 0.2) is 59.8 Å². The summed E-state index contributed by atoms with van der Waals surface area (Å²) < 4.78 is 2.96. The maximum atomic E-state index is 4.63. The second-order valence-electron chi connectivity index (χ2n) is 4.57. The van der Waals surface area contributed by atoms with Crippen molar-refractivity contribution in [3.05, 3.63) is 59.6 Å². The number of thioether (sulfide) groups is 1. The van der Waals surface area contributed by atoms with Crippen molar-refractivity contribution in [1.29, 1.82) is 0 Å². The number of aromatic nitrogens is 5. The van der Waals surface area contributed by atoms with Gasteiger partial charge in [0.1, 0.15) is 5.01 Å². The molecule has 0 N–H and O–H groups in total. The van der Waals surface area contributed by atoms with Crippen LogP contribution in [0.4, 0.5) is 0 Å². The molecule has 0 aliphatic carbocycles. The van der Waals surface area contributed by atoms with Gasteiger partial charge in [0, 0.05) is 0 Å². The van der Waals surface area contributed by atoms with Crippen LogP contribution in [0, 0.1) is 0 Å². The van der Waals surface area contributed by atoms with E-state index in [0.717, 1.165) is 27.1 Å². The van der Waals surface area contributed by atoms with Crippen molar-refractivity contribution >= 4 is 33.3 Å². The summed E-state index contributed by atoms with van der Waals surface area (Å²) in [7, 11) is 0. The Morgan fingerprint density at radius 2 is 1.82 bits per heavy atom. The quantitative estimate of drug-likeness (QED) is 0.537. The summed E-state index contributed by atoms with van der Waals surface area (Å²) in [6, 6.07) is 18.1. The van der Waals surface area contributed by atoms with Gasteiger partial charge in [-0.25, -0.2) is 4.98 Å². The summed E-state index contributed by atoms with van der Waals surface area (Å²) in [6.45, 7) is 0. The Morgan fingerprint density at radius 3 is 2.68 bits per heavy atom. The monoisotopic (exact) mass is 325 g/mol. The molecule has 22 heavy (non-hydrogen) atoms. The maximum Gasteiger partial charge on any atom is 0.214 e. The van der Waals surface area contributed by atoms with Gasteiger partial charge in [0.25, 0.3) is 0 Å². The average molecular weight is 325 g/mol. The number of para-hydroxylation sites is 2. The third-order valence-electron chi connectivity index (χ3n) is 3.10. The molecule has 108 valence electrons. The van der Waals surface area contributed by atoms with Gasteiger partial charge in [-0.2, -0.15) is 4.68 Å². The lowest BCUT2D eigenvalue weighted by Crippen LogP contribution is -1.98. The molecule has 4 aromatic rings. The van der Waals surface area contributed by atoms with Gasteiger partial charge in [0.05, 0.1) is 21.7 Å². The van der Waals surface area contributed by atoms with Crippen molar-refractivity contribution in [1.82, 2.24) is 25.2 Å². The second kappa shape index (κ2) is 5.86. The fourth-order valence-electron chi connectivity index (χ4n) is 2.11. The minimum Gasteiger partial charge on any atom is -0.240 e. The first-order chi connectivity index (χ1) is 10.9. The minimum absolute atomic E-state index is 0.757. The summed E-state index contributed by atoms with van der Waals surface area (Å²) in [5, 5.41) is 13.8. The van der Waals surface area contributed by atoms with Gasteiger partial charge in [0.2, 0.25) is 5.16 Å². The van der Waals surface area contributed by atoms with Gasteiger partial charge in [-0.05, 0) is 34.7 Å². The van der Waals surface area contributed by atoms with Crippen molar-refractivity contribution in [3.8, 4) is 5.69 Å². The SMILES string of the molecule is c1ccc(-n2nnnc2SCc2nc3ccccc3s2)cc1. The van der Waals surface area contributed by atoms with Gasteiger partial charge in [-0.15, -0.1) is 16.4 Å². The predicted octanol–water partition coefficient (Wildman–Crippen LogP) is 3.56. The number of benzene rings is 2. The van der Waals surface area contributed by atoms with E-state index in [1.165, 1.54) is 4.70 Å². The normalized spacial score (nSPS) is 11.1. The molecule has 0 saturated heterocycles. The number of rotatable bonds is 4. The highest BCUT2D eigenvalue weighted by Gasteiger charge is 2.10. The van der Waals surface area contributed by atoms with Crippen LogP contribution in [0.25, 0.3) is 15.9 Å². The molecule has 7 heteroatoms. The van der Waals surface area contributed by atoms with Crippen LogP contribution in [-0.2, 0) is 5.75 Å². The summed E-state index contributed by atoms with van der Waals surface area (Å²) in [6.07, 6.45) is 0. The molecular weight excluding hydrogens is 314 g/mol. The summed E-state index contributed by atoms with van der Waals surface area (Å²) >= 11 is 3.30. The van der Waals surface area contributed by atoms with E-state index in [4.69, 9.17) is 0 Å². The van der Waals surface area contributed by atoms with E-state index in [9.17, 15) is 0 Å². The lowest BCUT2D eigenvalue weighted by Gasteiger charge is -2.02. The van der Waals surface area contributed by atoms with E-state index in [0.29, 0.717) is 0 Å². The van der Waals surface area contributed by atoms with Crippen LogP contribution in [-0.4, -0.2) is 25.2 Å². The molecule has 0 aliphatic rings. The highest BCUT2D eigenvalue weighted by Crippen LogP contribution is 2.28. The van der Waals surface area contributed by atoms with Crippen LogP contribution in [0.3, 0.4) is 0 Å². The highest BCUT2D eigenvalue weighted by molar-refractivity contribution is 7.98. The first-order valence-corrected chi connectivity index (χ1v) is 8.51. The first-order valence-electron chi connectivity index (χ1n) is 6.71. The first kappa shape index (κ1) is 13.4. The van der Waals surface area contributed by atoms with Crippen molar-refractivity contribution in [2.75, 3.05) is 0 Å². The Balaban J connectivity index is 1.56. The van der Waals surface area contributed by atoms with Crippen molar-refractivity contribution in [2.45, 2.75) is 10.9 Å². The molecule has 0 spiro atoms. The van der Waals surface area contributed by atoms with E-state index in [1.54, 1.807) is 27.8 Å². The molecular formula is C15H11N5S2. The Labute approximate surface area is 135 Å². The van der Waals surface area contributed by atoms with Crippen LogP contribution in [0.2, 0.25) is 0 Å². The fraction of sp³-hybridized carbons (Fsp3) is 0.0667. The molecule has 0 saturated carbocycles. The number of thiazole rings is 1. The second-order valence-corrected chi connectivity index (χ2v) is 6.63. The molecule has 0 amide bonds. The van der Waals surface area contributed by atoms with Crippen LogP contribution in [0.1, 0.15) is 5.01 Å². The summed E-state index contributed by atoms with van der Waals surface area (Å²) in [5.74, 6) is 0.757. The maximum absolute atomic E-state index is 4.63. The molecule has 0 atom stereocenters. The molecule has 2 aromatic heterocycles. The molecule has 4 rings (SSSR count). The number of fused-ring (bicyclic) bond motifs is 1. The zero-order valence-corrected chi connectivity index (χ0v) is 13.1. The number of nitrogens with zero attached hydrogens (tertiary/aromatic N) is 5. The van der Waals surface area contributed by atoms with E-state index in [-0.39, 0.29) is 0 Å². The third kappa shape index (κ3) is 2.60. The zero-order chi connectivity index (χ0) is 14.8. The third-order valence-corrected chi connectivity index (χ3v) is 5.25. The topological polar surface area (TPSA) is 56.5 Å².